The van der Waals surface area contributed by atoms with Gasteiger partial charge in [0.25, 0.3) is 11.8 Å². The van der Waals surface area contributed by atoms with Gasteiger partial charge in [0.05, 0.1) is 0 Å². The van der Waals surface area contributed by atoms with E-state index in [4.69, 9.17) is 33.0 Å². The SMILES string of the molecule is O=C(COc1ccc(Cl)cc1)NNC(=S)NC(=O)c1cc2cc(Br)ccc2oc1=O. The Hall–Kier alpha value is -2.95. The lowest BCUT2D eigenvalue weighted by atomic mass is 10.2. The molecule has 0 bridgehead atoms. The number of amides is 2. The van der Waals surface area contributed by atoms with Crippen molar-refractivity contribution in [2.45, 2.75) is 0 Å². The number of fused-ring (bicyclic) bond motifs is 1. The fraction of sp³-hybridized carbons (Fsp3) is 0.0526. The topological polar surface area (TPSA) is 110 Å². The minimum Gasteiger partial charge on any atom is -0.484 e. The van der Waals surface area contributed by atoms with Crippen molar-refractivity contribution in [2.75, 3.05) is 6.61 Å². The highest BCUT2D eigenvalue weighted by Gasteiger charge is 2.15. The minimum atomic E-state index is -0.814. The Bertz CT molecular complexity index is 1180. The minimum absolute atomic E-state index is 0.214. The summed E-state index contributed by atoms with van der Waals surface area (Å²) in [5.41, 5.74) is 3.91. The molecular weight excluding hydrogens is 498 g/mol. The maximum absolute atomic E-state index is 12.3. The third-order valence-electron chi connectivity index (χ3n) is 3.66. The summed E-state index contributed by atoms with van der Waals surface area (Å²) in [5.74, 6) is -0.869. The molecule has 2 amide bonds. The van der Waals surface area contributed by atoms with Crippen molar-refractivity contribution in [3.63, 3.8) is 0 Å². The van der Waals surface area contributed by atoms with Gasteiger partial charge in [-0.3, -0.25) is 25.8 Å². The number of hydrazine groups is 1. The Balaban J connectivity index is 1.53. The quantitative estimate of drug-likeness (QED) is 0.281. The summed E-state index contributed by atoms with van der Waals surface area (Å²) in [5, 5.41) is 3.18. The van der Waals surface area contributed by atoms with E-state index in [1.807, 2.05) is 0 Å². The molecule has 0 aliphatic rings. The molecule has 0 fully saturated rings. The molecule has 0 atom stereocenters. The van der Waals surface area contributed by atoms with Crippen LogP contribution in [-0.4, -0.2) is 23.5 Å². The lowest BCUT2D eigenvalue weighted by molar-refractivity contribution is -0.123. The smallest absolute Gasteiger partial charge is 0.349 e. The van der Waals surface area contributed by atoms with Crippen LogP contribution in [0.1, 0.15) is 10.4 Å². The van der Waals surface area contributed by atoms with Gasteiger partial charge in [0, 0.05) is 14.9 Å². The molecule has 0 saturated carbocycles. The van der Waals surface area contributed by atoms with E-state index in [-0.39, 0.29) is 17.3 Å². The number of hydrogen-bond donors (Lipinski definition) is 3. The van der Waals surface area contributed by atoms with Gasteiger partial charge in [-0.2, -0.15) is 0 Å². The molecule has 3 aromatic rings. The van der Waals surface area contributed by atoms with E-state index in [0.717, 1.165) is 4.47 Å². The van der Waals surface area contributed by atoms with Crippen LogP contribution in [0.25, 0.3) is 11.0 Å². The molecular formula is C19H13BrClN3O5S. The standard InChI is InChI=1S/C19H13BrClN3O5S/c20-11-1-6-15-10(7-11)8-14(18(27)29-15)17(26)22-19(30)24-23-16(25)9-28-13-4-2-12(21)3-5-13/h1-8H,9H2,(H,23,25)(H2,22,24,26,30). The van der Waals surface area contributed by atoms with Gasteiger partial charge in [-0.25, -0.2) is 4.79 Å². The first-order chi connectivity index (χ1) is 14.3. The van der Waals surface area contributed by atoms with Gasteiger partial charge < -0.3 is 9.15 Å². The van der Waals surface area contributed by atoms with Crippen molar-refractivity contribution >= 4 is 67.6 Å². The molecule has 0 aliphatic heterocycles. The molecule has 0 saturated heterocycles. The highest BCUT2D eigenvalue weighted by Crippen LogP contribution is 2.19. The molecule has 8 nitrogen and oxygen atoms in total. The zero-order chi connectivity index (χ0) is 21.7. The fourth-order valence-electron chi connectivity index (χ4n) is 2.30. The maximum Gasteiger partial charge on any atom is 0.349 e. The van der Waals surface area contributed by atoms with Gasteiger partial charge in [0.2, 0.25) is 0 Å². The predicted molar refractivity (Wildman–Crippen MR) is 118 cm³/mol. The highest BCUT2D eigenvalue weighted by atomic mass is 79.9. The zero-order valence-electron chi connectivity index (χ0n) is 15.0. The number of carbonyl (C=O) groups is 2. The Labute approximate surface area is 188 Å². The molecule has 1 aromatic heterocycles. The monoisotopic (exact) mass is 509 g/mol. The van der Waals surface area contributed by atoms with Crippen LogP contribution in [0.5, 0.6) is 5.75 Å². The zero-order valence-corrected chi connectivity index (χ0v) is 18.2. The largest absolute Gasteiger partial charge is 0.484 e. The lowest BCUT2D eigenvalue weighted by Crippen LogP contribution is -2.50. The van der Waals surface area contributed by atoms with Crippen molar-refractivity contribution < 1.29 is 18.7 Å². The van der Waals surface area contributed by atoms with Crippen LogP contribution in [0.2, 0.25) is 5.02 Å². The predicted octanol–water partition coefficient (Wildman–Crippen LogP) is 2.92. The first-order valence-corrected chi connectivity index (χ1v) is 9.92. The van der Waals surface area contributed by atoms with Crippen molar-refractivity contribution in [3.05, 3.63) is 74.0 Å². The normalized spacial score (nSPS) is 10.3. The molecule has 3 rings (SSSR count). The van der Waals surface area contributed by atoms with Gasteiger partial charge in [-0.05, 0) is 60.7 Å². The molecule has 0 spiro atoms. The van der Waals surface area contributed by atoms with E-state index in [1.54, 1.807) is 42.5 Å². The average Bonchev–Trinajstić information content (AvgIpc) is 2.71. The van der Waals surface area contributed by atoms with E-state index in [2.05, 4.69) is 32.1 Å². The first kappa shape index (κ1) is 21.8. The summed E-state index contributed by atoms with van der Waals surface area (Å²) in [6, 6.07) is 12.9. The summed E-state index contributed by atoms with van der Waals surface area (Å²) < 4.78 is 11.2. The molecule has 11 heteroatoms. The van der Waals surface area contributed by atoms with Crippen LogP contribution in [0.4, 0.5) is 0 Å². The summed E-state index contributed by atoms with van der Waals surface area (Å²) in [7, 11) is 0. The molecule has 0 aliphatic carbocycles. The third-order valence-corrected chi connectivity index (χ3v) is 4.61. The summed E-state index contributed by atoms with van der Waals surface area (Å²) in [6.45, 7) is -0.297. The second kappa shape index (κ2) is 9.70. The molecule has 30 heavy (non-hydrogen) atoms. The lowest BCUT2D eigenvalue weighted by Gasteiger charge is -2.11. The second-order valence-electron chi connectivity index (χ2n) is 5.83. The van der Waals surface area contributed by atoms with Gasteiger partial charge >= 0.3 is 5.63 Å². The number of carbonyl (C=O) groups excluding carboxylic acids is 2. The number of thiocarbonyl (C=S) groups is 1. The van der Waals surface area contributed by atoms with Crippen LogP contribution >= 0.6 is 39.7 Å². The highest BCUT2D eigenvalue weighted by molar-refractivity contribution is 9.10. The number of rotatable bonds is 4. The van der Waals surface area contributed by atoms with Crippen molar-refractivity contribution in [1.29, 1.82) is 0 Å². The summed E-state index contributed by atoms with van der Waals surface area (Å²) in [4.78, 5) is 36.2. The van der Waals surface area contributed by atoms with E-state index < -0.39 is 17.4 Å². The molecule has 2 aromatic carbocycles. The van der Waals surface area contributed by atoms with Crippen molar-refractivity contribution in [3.8, 4) is 5.75 Å². The van der Waals surface area contributed by atoms with E-state index >= 15 is 0 Å². The molecule has 0 radical (unpaired) electrons. The summed E-state index contributed by atoms with van der Waals surface area (Å²) >= 11 is 14.0. The Morgan fingerprint density at radius 1 is 1.10 bits per heavy atom. The Morgan fingerprint density at radius 2 is 1.83 bits per heavy atom. The number of nitrogens with one attached hydrogen (secondary N) is 3. The number of benzene rings is 2. The Morgan fingerprint density at radius 3 is 2.57 bits per heavy atom. The first-order valence-electron chi connectivity index (χ1n) is 8.34. The third kappa shape index (κ3) is 5.78. The van der Waals surface area contributed by atoms with Crippen LogP contribution in [0.15, 0.2) is 62.2 Å². The van der Waals surface area contributed by atoms with Crippen LogP contribution in [-0.2, 0) is 4.79 Å². The fourth-order valence-corrected chi connectivity index (χ4v) is 2.95. The van der Waals surface area contributed by atoms with Crippen LogP contribution in [0.3, 0.4) is 0 Å². The maximum atomic E-state index is 12.3. The second-order valence-corrected chi connectivity index (χ2v) is 7.59. The van der Waals surface area contributed by atoms with Crippen LogP contribution in [0, 0.1) is 0 Å². The number of ether oxygens (including phenoxy) is 1. The molecule has 0 unspecified atom stereocenters. The summed E-state index contributed by atoms with van der Waals surface area (Å²) in [6.07, 6.45) is 0. The number of halogens is 2. The number of hydrogen-bond acceptors (Lipinski definition) is 6. The van der Waals surface area contributed by atoms with Crippen molar-refractivity contribution in [1.82, 2.24) is 16.2 Å². The average molecular weight is 511 g/mol. The van der Waals surface area contributed by atoms with E-state index in [1.165, 1.54) is 6.07 Å². The van der Waals surface area contributed by atoms with Crippen molar-refractivity contribution in [2.24, 2.45) is 0 Å². The molecule has 3 N–H and O–H groups in total. The molecule has 154 valence electrons. The van der Waals surface area contributed by atoms with E-state index in [0.29, 0.717) is 21.7 Å². The van der Waals surface area contributed by atoms with Crippen LogP contribution < -0.4 is 26.5 Å². The molecule has 1 heterocycles. The van der Waals surface area contributed by atoms with E-state index in [9.17, 15) is 14.4 Å². The van der Waals surface area contributed by atoms with Gasteiger partial charge in [-0.1, -0.05) is 27.5 Å². The van der Waals surface area contributed by atoms with Gasteiger partial charge in [-0.15, -0.1) is 0 Å². The van der Waals surface area contributed by atoms with Gasteiger partial charge in [0.15, 0.2) is 11.7 Å². The Kier molecular flexibility index (Phi) is 7.03. The van der Waals surface area contributed by atoms with Gasteiger partial charge in [0.1, 0.15) is 16.9 Å².